The highest BCUT2D eigenvalue weighted by Crippen LogP contribution is 2.35. The smallest absolute Gasteiger partial charge is 0.154 e. The first-order valence-electron chi connectivity index (χ1n) is 7.32. The van der Waals surface area contributed by atoms with Crippen molar-refractivity contribution in [3.05, 3.63) is 57.3 Å². The van der Waals surface area contributed by atoms with E-state index < -0.39 is 0 Å². The maximum absolute atomic E-state index is 6.26. The number of fused-ring (bicyclic) bond motifs is 1. The molecule has 0 radical (unpaired) electrons. The molecule has 1 heterocycles. The normalized spacial score (nSPS) is 18.0. The third-order valence-electron chi connectivity index (χ3n) is 4.08. The Morgan fingerprint density at radius 3 is 2.81 bits per heavy atom. The van der Waals surface area contributed by atoms with Crippen molar-refractivity contribution in [1.29, 1.82) is 0 Å². The summed E-state index contributed by atoms with van der Waals surface area (Å²) in [6, 6.07) is 10.8. The van der Waals surface area contributed by atoms with E-state index in [1.54, 1.807) is 0 Å². The molecular formula is C17H18Cl2N2. The minimum absolute atomic E-state index is 0.280. The van der Waals surface area contributed by atoms with Gasteiger partial charge in [-0.25, -0.2) is 4.98 Å². The van der Waals surface area contributed by atoms with Crippen LogP contribution in [-0.2, 0) is 6.42 Å². The van der Waals surface area contributed by atoms with Crippen molar-refractivity contribution in [2.24, 2.45) is 0 Å². The van der Waals surface area contributed by atoms with Crippen LogP contribution < -0.4 is 5.32 Å². The Hall–Kier alpha value is -1.25. The number of anilines is 1. The van der Waals surface area contributed by atoms with Crippen molar-refractivity contribution in [3.8, 4) is 0 Å². The quantitative estimate of drug-likeness (QED) is 0.577. The molecule has 0 fully saturated rings. The zero-order valence-electron chi connectivity index (χ0n) is 12.0. The summed E-state index contributed by atoms with van der Waals surface area (Å²) in [6.07, 6.45) is 4.71. The van der Waals surface area contributed by atoms with Crippen LogP contribution >= 0.6 is 23.2 Å². The van der Waals surface area contributed by atoms with Crippen LogP contribution in [0.2, 0.25) is 10.3 Å². The number of aryl methyl sites for hydroxylation is 2. The van der Waals surface area contributed by atoms with Crippen molar-refractivity contribution < 1.29 is 0 Å². The molecule has 4 heteroatoms. The van der Waals surface area contributed by atoms with Gasteiger partial charge in [-0.05, 0) is 48.9 Å². The van der Waals surface area contributed by atoms with Gasteiger partial charge in [-0.15, -0.1) is 0 Å². The third kappa shape index (κ3) is 3.17. The van der Waals surface area contributed by atoms with Gasteiger partial charge in [0.1, 0.15) is 5.15 Å². The predicted molar refractivity (Wildman–Crippen MR) is 89.4 cm³/mol. The molecule has 3 rings (SSSR count). The Labute approximate surface area is 135 Å². The Morgan fingerprint density at radius 1 is 1.19 bits per heavy atom. The largest absolute Gasteiger partial charge is 0.376 e. The number of pyridine rings is 1. The average Bonchev–Trinajstić information content (AvgIpc) is 2.65. The highest BCUT2D eigenvalue weighted by molar-refractivity contribution is 6.34. The van der Waals surface area contributed by atoms with E-state index in [1.807, 2.05) is 13.0 Å². The van der Waals surface area contributed by atoms with Gasteiger partial charge in [-0.2, -0.15) is 0 Å². The first-order valence-corrected chi connectivity index (χ1v) is 8.07. The van der Waals surface area contributed by atoms with Gasteiger partial charge in [0, 0.05) is 0 Å². The van der Waals surface area contributed by atoms with E-state index in [0.29, 0.717) is 10.3 Å². The molecule has 0 bridgehead atoms. The van der Waals surface area contributed by atoms with Crippen LogP contribution in [0, 0.1) is 6.92 Å². The summed E-state index contributed by atoms with van der Waals surface area (Å²) in [6.45, 7) is 2.00. The van der Waals surface area contributed by atoms with Crippen LogP contribution in [0.4, 0.5) is 5.69 Å². The van der Waals surface area contributed by atoms with Crippen LogP contribution in [0.5, 0.6) is 0 Å². The second-order valence-electron chi connectivity index (χ2n) is 5.57. The molecule has 0 saturated heterocycles. The molecule has 1 unspecified atom stereocenters. The number of halogens is 2. The van der Waals surface area contributed by atoms with Crippen molar-refractivity contribution in [3.63, 3.8) is 0 Å². The Balaban J connectivity index is 1.95. The minimum Gasteiger partial charge on any atom is -0.376 e. The van der Waals surface area contributed by atoms with Crippen LogP contribution in [0.3, 0.4) is 0 Å². The van der Waals surface area contributed by atoms with Crippen molar-refractivity contribution in [2.75, 3.05) is 5.32 Å². The Bertz CT molecular complexity index is 632. The molecule has 2 nitrogen and oxygen atoms in total. The fraction of sp³-hybridized carbons (Fsp3) is 0.353. The lowest BCUT2D eigenvalue weighted by molar-refractivity contribution is 0.643. The summed E-state index contributed by atoms with van der Waals surface area (Å²) in [4.78, 5) is 4.15. The number of hydrogen-bond donors (Lipinski definition) is 1. The molecule has 2 aromatic rings. The molecule has 0 amide bonds. The lowest BCUT2D eigenvalue weighted by atomic mass is 9.99. The zero-order valence-corrected chi connectivity index (χ0v) is 13.5. The van der Waals surface area contributed by atoms with E-state index in [1.165, 1.54) is 24.0 Å². The van der Waals surface area contributed by atoms with Gasteiger partial charge in [0.05, 0.1) is 11.7 Å². The number of nitrogens with one attached hydrogen (secondary N) is 1. The van der Waals surface area contributed by atoms with Gasteiger partial charge >= 0.3 is 0 Å². The Morgan fingerprint density at radius 2 is 2.00 bits per heavy atom. The monoisotopic (exact) mass is 320 g/mol. The molecule has 0 spiro atoms. The predicted octanol–water partition coefficient (Wildman–Crippen LogP) is 5.58. The van der Waals surface area contributed by atoms with E-state index in [2.05, 4.69) is 34.6 Å². The van der Waals surface area contributed by atoms with E-state index in [9.17, 15) is 0 Å². The molecule has 1 N–H and O–H groups in total. The maximum Gasteiger partial charge on any atom is 0.154 e. The maximum atomic E-state index is 6.26. The topological polar surface area (TPSA) is 24.9 Å². The molecule has 0 saturated carbocycles. The summed E-state index contributed by atoms with van der Waals surface area (Å²) in [5.74, 6) is 0. The number of hydrogen-bond acceptors (Lipinski definition) is 2. The van der Waals surface area contributed by atoms with Gasteiger partial charge in [-0.1, -0.05) is 53.9 Å². The third-order valence-corrected chi connectivity index (χ3v) is 4.55. The Kier molecular flexibility index (Phi) is 4.37. The molecule has 1 aromatic carbocycles. The molecule has 0 aliphatic heterocycles. The van der Waals surface area contributed by atoms with Gasteiger partial charge < -0.3 is 5.32 Å². The minimum atomic E-state index is 0.280. The fourth-order valence-electron chi connectivity index (χ4n) is 3.01. The van der Waals surface area contributed by atoms with E-state index in [-0.39, 0.29) is 6.04 Å². The second-order valence-corrected chi connectivity index (χ2v) is 6.31. The first-order chi connectivity index (χ1) is 10.1. The number of rotatable bonds is 2. The molecule has 1 aliphatic rings. The summed E-state index contributed by atoms with van der Waals surface area (Å²) >= 11 is 12.2. The average molecular weight is 321 g/mol. The van der Waals surface area contributed by atoms with E-state index in [0.717, 1.165) is 24.1 Å². The summed E-state index contributed by atoms with van der Waals surface area (Å²) in [5, 5.41) is 4.47. The van der Waals surface area contributed by atoms with Crippen molar-refractivity contribution in [2.45, 2.75) is 38.6 Å². The molecule has 21 heavy (non-hydrogen) atoms. The van der Waals surface area contributed by atoms with Gasteiger partial charge in [0.15, 0.2) is 5.15 Å². The SMILES string of the molecule is Cc1cc(Cl)nc(Cl)c1NC1CCCCc2ccccc21. The lowest BCUT2D eigenvalue weighted by Gasteiger charge is -2.22. The molecule has 1 aliphatic carbocycles. The lowest BCUT2D eigenvalue weighted by Crippen LogP contribution is -2.13. The van der Waals surface area contributed by atoms with Gasteiger partial charge in [-0.3, -0.25) is 0 Å². The van der Waals surface area contributed by atoms with Crippen LogP contribution in [0.25, 0.3) is 0 Å². The highest BCUT2D eigenvalue weighted by atomic mass is 35.5. The van der Waals surface area contributed by atoms with E-state index >= 15 is 0 Å². The van der Waals surface area contributed by atoms with Gasteiger partial charge in [0.2, 0.25) is 0 Å². The number of aromatic nitrogens is 1. The molecule has 110 valence electrons. The van der Waals surface area contributed by atoms with Crippen molar-refractivity contribution >= 4 is 28.9 Å². The standard InChI is InChI=1S/C17H18Cl2N2/c1-11-10-15(18)21-17(19)16(11)20-14-9-5-3-7-12-6-2-4-8-13(12)14/h2,4,6,8,10,14,20H,3,5,7,9H2,1H3. The second kappa shape index (κ2) is 6.25. The van der Waals surface area contributed by atoms with Crippen LogP contribution in [0.15, 0.2) is 30.3 Å². The summed E-state index contributed by atoms with van der Waals surface area (Å²) < 4.78 is 0. The molecular weight excluding hydrogens is 303 g/mol. The van der Waals surface area contributed by atoms with Gasteiger partial charge in [0.25, 0.3) is 0 Å². The van der Waals surface area contributed by atoms with Crippen molar-refractivity contribution in [1.82, 2.24) is 4.98 Å². The molecule has 1 aromatic heterocycles. The zero-order chi connectivity index (χ0) is 14.8. The summed E-state index contributed by atoms with van der Waals surface area (Å²) in [7, 11) is 0. The molecule has 1 atom stereocenters. The van der Waals surface area contributed by atoms with Crippen LogP contribution in [0.1, 0.15) is 42.0 Å². The summed E-state index contributed by atoms with van der Waals surface area (Å²) in [5.41, 5.74) is 4.73. The highest BCUT2D eigenvalue weighted by Gasteiger charge is 2.20. The fourth-order valence-corrected chi connectivity index (χ4v) is 3.60. The van der Waals surface area contributed by atoms with Crippen LogP contribution in [-0.4, -0.2) is 4.98 Å². The number of benzene rings is 1. The van der Waals surface area contributed by atoms with E-state index in [4.69, 9.17) is 23.2 Å². The first kappa shape index (κ1) is 14.7. The number of nitrogens with zero attached hydrogens (tertiary/aromatic N) is 1.